The number of ether oxygens (including phenoxy) is 1. The van der Waals surface area contributed by atoms with Gasteiger partial charge in [-0.1, -0.05) is 0 Å². The number of hydrogen-bond donors (Lipinski definition) is 1. The van der Waals surface area contributed by atoms with Crippen LogP contribution in [0.2, 0.25) is 0 Å². The highest BCUT2D eigenvalue weighted by atomic mass is 16.5. The van der Waals surface area contributed by atoms with Crippen LogP contribution in [0, 0.1) is 0 Å². The van der Waals surface area contributed by atoms with Crippen LogP contribution in [0.5, 0.6) is 0 Å². The molecule has 1 aliphatic heterocycles. The fourth-order valence-electron chi connectivity index (χ4n) is 0.485. The zero-order valence-electron chi connectivity index (χ0n) is 5.96. The van der Waals surface area contributed by atoms with Gasteiger partial charge in [0.2, 0.25) is 5.90 Å². The van der Waals surface area contributed by atoms with Crippen LogP contribution < -0.4 is 0 Å². The molecule has 0 unspecified atom stereocenters. The molecule has 1 heterocycles. The van der Waals surface area contributed by atoms with Crippen LogP contribution in [0.15, 0.2) is 5.10 Å². The molecule has 0 spiro atoms. The van der Waals surface area contributed by atoms with Gasteiger partial charge in [-0.05, 0) is 0 Å². The van der Waals surface area contributed by atoms with Gasteiger partial charge in [-0.15, -0.1) is 5.10 Å². The van der Waals surface area contributed by atoms with Crippen LogP contribution >= 0.6 is 0 Å². The van der Waals surface area contributed by atoms with Gasteiger partial charge in [0, 0.05) is 21.1 Å². The Balaban J connectivity index is 0.000000291. The second-order valence-corrected chi connectivity index (χ2v) is 1.55. The van der Waals surface area contributed by atoms with E-state index >= 15 is 0 Å². The molecule has 1 N–H and O–H groups in total. The summed E-state index contributed by atoms with van der Waals surface area (Å²) >= 11 is 0. The number of rotatable bonds is 0. The highest BCUT2D eigenvalue weighted by Crippen LogP contribution is 1.96. The molecule has 0 aliphatic carbocycles. The highest BCUT2D eigenvalue weighted by molar-refractivity contribution is 5.73. The van der Waals surface area contributed by atoms with E-state index in [4.69, 9.17) is 9.84 Å². The van der Waals surface area contributed by atoms with E-state index in [9.17, 15) is 0 Å². The van der Waals surface area contributed by atoms with Gasteiger partial charge in [0.05, 0.1) is 0 Å². The summed E-state index contributed by atoms with van der Waals surface area (Å²) < 4.78 is 4.94. The van der Waals surface area contributed by atoms with E-state index in [0.717, 1.165) is 13.0 Å². The molecule has 0 amide bonds. The standard InChI is InChI=1S/C4H8N2O.CH4O/c1-4-5-6(2)3-7-4;1-2/h3H2,1-2H3;2H,1H3. The predicted octanol–water partition coefficient (Wildman–Crippen LogP) is -0.152. The van der Waals surface area contributed by atoms with Crippen molar-refractivity contribution in [3.05, 3.63) is 0 Å². The van der Waals surface area contributed by atoms with Gasteiger partial charge in [-0.25, -0.2) is 0 Å². The molecule has 1 rings (SSSR count). The molecule has 4 nitrogen and oxygen atoms in total. The van der Waals surface area contributed by atoms with Crippen LogP contribution in [0.1, 0.15) is 6.92 Å². The van der Waals surface area contributed by atoms with Gasteiger partial charge in [0.15, 0.2) is 6.73 Å². The maximum atomic E-state index is 7.00. The zero-order valence-corrected chi connectivity index (χ0v) is 5.96. The van der Waals surface area contributed by atoms with Gasteiger partial charge in [-0.3, -0.25) is 5.01 Å². The second kappa shape index (κ2) is 4.14. The molecule has 0 saturated heterocycles. The minimum Gasteiger partial charge on any atom is -0.457 e. The maximum absolute atomic E-state index is 7.00. The normalized spacial score (nSPS) is 15.6. The van der Waals surface area contributed by atoms with Crippen molar-refractivity contribution in [2.24, 2.45) is 5.10 Å². The topological polar surface area (TPSA) is 45.1 Å². The quantitative estimate of drug-likeness (QED) is 0.498. The first-order chi connectivity index (χ1) is 4.29. The second-order valence-electron chi connectivity index (χ2n) is 1.55. The number of hydrogen-bond acceptors (Lipinski definition) is 4. The van der Waals surface area contributed by atoms with Gasteiger partial charge in [0.1, 0.15) is 0 Å². The third-order valence-electron chi connectivity index (χ3n) is 0.772. The average Bonchev–Trinajstić information content (AvgIpc) is 2.20. The number of aliphatic hydroxyl groups is 1. The summed E-state index contributed by atoms with van der Waals surface area (Å²) in [6, 6.07) is 0. The lowest BCUT2D eigenvalue weighted by Gasteiger charge is -1.98. The minimum absolute atomic E-state index is 0.603. The Morgan fingerprint density at radius 3 is 2.33 bits per heavy atom. The molecular weight excluding hydrogens is 120 g/mol. The molecule has 9 heavy (non-hydrogen) atoms. The van der Waals surface area contributed by atoms with Crippen molar-refractivity contribution >= 4 is 5.90 Å². The molecule has 0 atom stereocenters. The smallest absolute Gasteiger partial charge is 0.204 e. The van der Waals surface area contributed by atoms with Crippen molar-refractivity contribution in [3.8, 4) is 0 Å². The molecule has 1 aliphatic rings. The van der Waals surface area contributed by atoms with Crippen LogP contribution in [0.3, 0.4) is 0 Å². The van der Waals surface area contributed by atoms with E-state index in [2.05, 4.69) is 5.10 Å². The summed E-state index contributed by atoms with van der Waals surface area (Å²) in [5.74, 6) is 0.752. The zero-order chi connectivity index (χ0) is 7.28. The SMILES string of the molecule is CC1=NN(C)CO1.CO. The third-order valence-corrected chi connectivity index (χ3v) is 0.772. The molecule has 0 bridgehead atoms. The van der Waals surface area contributed by atoms with Crippen molar-refractivity contribution in [2.45, 2.75) is 6.92 Å². The molecule has 0 aromatic heterocycles. The van der Waals surface area contributed by atoms with Crippen molar-refractivity contribution in [1.29, 1.82) is 0 Å². The first-order valence-corrected chi connectivity index (χ1v) is 2.63. The molecule has 0 radical (unpaired) electrons. The predicted molar refractivity (Wildman–Crippen MR) is 35.0 cm³/mol. The Morgan fingerprint density at radius 1 is 1.67 bits per heavy atom. The lowest BCUT2D eigenvalue weighted by Crippen LogP contribution is -2.05. The van der Waals surface area contributed by atoms with E-state index < -0.39 is 0 Å². The van der Waals surface area contributed by atoms with Crippen LogP contribution in [-0.4, -0.2) is 36.9 Å². The minimum atomic E-state index is 0.603. The van der Waals surface area contributed by atoms with Crippen LogP contribution in [0.4, 0.5) is 0 Å². The molecular formula is C5H12N2O2. The fourth-order valence-corrected chi connectivity index (χ4v) is 0.485. The Kier molecular flexibility index (Phi) is 3.79. The van der Waals surface area contributed by atoms with Crippen LogP contribution in [-0.2, 0) is 4.74 Å². The molecule has 0 saturated carbocycles. The van der Waals surface area contributed by atoms with E-state index in [1.807, 2.05) is 14.0 Å². The lowest BCUT2D eigenvalue weighted by molar-refractivity contribution is 0.198. The Labute approximate surface area is 54.7 Å². The van der Waals surface area contributed by atoms with Crippen LogP contribution in [0.25, 0.3) is 0 Å². The number of hydrazone groups is 1. The average molecular weight is 132 g/mol. The summed E-state index contributed by atoms with van der Waals surface area (Å²) in [5.41, 5.74) is 0. The van der Waals surface area contributed by atoms with Crippen molar-refractivity contribution < 1.29 is 9.84 Å². The molecule has 0 fully saturated rings. The van der Waals surface area contributed by atoms with Crippen molar-refractivity contribution in [1.82, 2.24) is 5.01 Å². The third kappa shape index (κ3) is 2.92. The van der Waals surface area contributed by atoms with Crippen molar-refractivity contribution in [2.75, 3.05) is 20.9 Å². The van der Waals surface area contributed by atoms with E-state index in [0.29, 0.717) is 6.73 Å². The fraction of sp³-hybridized carbons (Fsp3) is 0.800. The first-order valence-electron chi connectivity index (χ1n) is 2.63. The summed E-state index contributed by atoms with van der Waals surface area (Å²) in [4.78, 5) is 0. The monoisotopic (exact) mass is 132 g/mol. The lowest BCUT2D eigenvalue weighted by atomic mass is 10.8. The Bertz CT molecular complexity index is 103. The molecule has 0 aromatic rings. The van der Waals surface area contributed by atoms with Gasteiger partial charge >= 0.3 is 0 Å². The first kappa shape index (κ1) is 8.23. The van der Waals surface area contributed by atoms with E-state index in [-0.39, 0.29) is 0 Å². The van der Waals surface area contributed by atoms with Gasteiger partial charge in [0.25, 0.3) is 0 Å². The molecule has 54 valence electrons. The maximum Gasteiger partial charge on any atom is 0.204 e. The van der Waals surface area contributed by atoms with Gasteiger partial charge in [-0.2, -0.15) is 0 Å². The van der Waals surface area contributed by atoms with E-state index in [1.54, 1.807) is 5.01 Å². The number of nitrogens with zero attached hydrogens (tertiary/aromatic N) is 2. The molecule has 4 heteroatoms. The number of aliphatic hydroxyl groups excluding tert-OH is 1. The highest BCUT2D eigenvalue weighted by Gasteiger charge is 2.03. The Hall–Kier alpha value is -0.770. The Morgan fingerprint density at radius 2 is 2.22 bits per heavy atom. The van der Waals surface area contributed by atoms with Gasteiger partial charge < -0.3 is 9.84 Å². The summed E-state index contributed by atoms with van der Waals surface area (Å²) in [6.45, 7) is 2.44. The summed E-state index contributed by atoms with van der Waals surface area (Å²) in [6.07, 6.45) is 0. The van der Waals surface area contributed by atoms with Crippen molar-refractivity contribution in [3.63, 3.8) is 0 Å². The summed E-state index contributed by atoms with van der Waals surface area (Å²) in [5, 5.41) is 12.7. The summed E-state index contributed by atoms with van der Waals surface area (Å²) in [7, 11) is 2.87. The molecule has 0 aromatic carbocycles. The van der Waals surface area contributed by atoms with E-state index in [1.165, 1.54) is 0 Å². The largest absolute Gasteiger partial charge is 0.457 e.